The van der Waals surface area contributed by atoms with Crippen molar-refractivity contribution in [1.82, 2.24) is 18.4 Å². The lowest BCUT2D eigenvalue weighted by molar-refractivity contribution is 0.0878. The zero-order valence-corrected chi connectivity index (χ0v) is 26.9. The average molecular weight is 607 g/mol. The van der Waals surface area contributed by atoms with Crippen molar-refractivity contribution in [3.63, 3.8) is 0 Å². The van der Waals surface area contributed by atoms with Gasteiger partial charge in [0.25, 0.3) is 11.1 Å². The molecule has 0 aliphatic carbocycles. The first kappa shape index (κ1) is 29.3. The van der Waals surface area contributed by atoms with Gasteiger partial charge in [-0.25, -0.2) is 4.98 Å². The molecule has 0 unspecified atom stereocenters. The van der Waals surface area contributed by atoms with Crippen LogP contribution in [0.5, 0.6) is 5.75 Å². The minimum atomic E-state index is -1.29. The lowest BCUT2D eigenvalue weighted by atomic mass is 10.1. The van der Waals surface area contributed by atoms with E-state index in [4.69, 9.17) is 14.5 Å². The van der Waals surface area contributed by atoms with Crippen molar-refractivity contribution < 1.29 is 9.47 Å². The molecule has 224 valence electrons. The first-order valence-electron chi connectivity index (χ1n) is 15.4. The van der Waals surface area contributed by atoms with Gasteiger partial charge in [-0.1, -0.05) is 49.4 Å². The van der Waals surface area contributed by atoms with Gasteiger partial charge >= 0.3 is 0 Å². The van der Waals surface area contributed by atoms with Gasteiger partial charge in [0.2, 0.25) is 0 Å². The Bertz CT molecular complexity index is 1700. The Labute approximate surface area is 252 Å². The predicted molar refractivity (Wildman–Crippen MR) is 174 cm³/mol. The second-order valence-electron chi connectivity index (χ2n) is 12.9. The molecule has 4 aromatic rings. The fraction of sp³-hybridized carbons (Fsp3) is 0.531. The SMILES string of the molecule is C[Si](C)(C)CCOCn1c(=O)c2nc3c(c(CCN4CCCC4)ccc31)OCCCCCn1sc3c-2cccc3c1=O. The molecule has 0 N–H and O–H groups in total. The van der Waals surface area contributed by atoms with Crippen LogP contribution in [0, 0.1) is 0 Å². The summed E-state index contributed by atoms with van der Waals surface area (Å²) in [6.07, 6.45) is 6.15. The first-order valence-corrected chi connectivity index (χ1v) is 19.9. The molecule has 6 rings (SSSR count). The molecule has 8 nitrogen and oxygen atoms in total. The molecule has 1 fully saturated rings. The van der Waals surface area contributed by atoms with Crippen LogP contribution in [0.3, 0.4) is 0 Å². The van der Waals surface area contributed by atoms with Gasteiger partial charge in [-0.05, 0) is 75.4 Å². The van der Waals surface area contributed by atoms with Crippen molar-refractivity contribution >= 4 is 40.7 Å². The van der Waals surface area contributed by atoms with Gasteiger partial charge in [0, 0.05) is 33.3 Å². The Morgan fingerprint density at radius 3 is 2.60 bits per heavy atom. The van der Waals surface area contributed by atoms with Crippen molar-refractivity contribution in [2.75, 3.05) is 32.8 Å². The number of hydrogen-bond acceptors (Lipinski definition) is 7. The van der Waals surface area contributed by atoms with E-state index in [0.717, 1.165) is 72.9 Å². The van der Waals surface area contributed by atoms with Gasteiger partial charge in [-0.15, -0.1) is 0 Å². The van der Waals surface area contributed by atoms with Crippen LogP contribution in [-0.4, -0.2) is 59.3 Å². The Morgan fingerprint density at radius 2 is 1.79 bits per heavy atom. The van der Waals surface area contributed by atoms with E-state index in [1.807, 2.05) is 28.2 Å². The van der Waals surface area contributed by atoms with Gasteiger partial charge in [0.15, 0.2) is 0 Å². The zero-order valence-electron chi connectivity index (χ0n) is 25.1. The summed E-state index contributed by atoms with van der Waals surface area (Å²) in [6.45, 7) is 12.2. The van der Waals surface area contributed by atoms with Crippen LogP contribution < -0.4 is 15.9 Å². The van der Waals surface area contributed by atoms with E-state index in [-0.39, 0.29) is 17.8 Å². The van der Waals surface area contributed by atoms with Crippen molar-refractivity contribution in [3.8, 4) is 17.0 Å². The summed E-state index contributed by atoms with van der Waals surface area (Å²) >= 11 is 1.44. The summed E-state index contributed by atoms with van der Waals surface area (Å²) in [4.78, 5) is 35.0. The molecule has 0 saturated carbocycles. The summed E-state index contributed by atoms with van der Waals surface area (Å²) in [7, 11) is -1.29. The summed E-state index contributed by atoms with van der Waals surface area (Å²) in [5.41, 5.74) is 3.37. The summed E-state index contributed by atoms with van der Waals surface area (Å²) < 4.78 is 17.1. The van der Waals surface area contributed by atoms with Crippen molar-refractivity contribution in [3.05, 3.63) is 56.6 Å². The normalized spacial score (nSPS) is 16.5. The molecule has 10 heteroatoms. The fourth-order valence-corrected chi connectivity index (χ4v) is 7.83. The van der Waals surface area contributed by atoms with Gasteiger partial charge in [-0.3, -0.25) is 18.1 Å². The molecule has 4 heterocycles. The number of hydrogen-bond donors (Lipinski definition) is 0. The van der Waals surface area contributed by atoms with Gasteiger partial charge in [0.05, 0.1) is 22.2 Å². The molecule has 1 saturated heterocycles. The first-order chi connectivity index (χ1) is 20.3. The minimum absolute atomic E-state index is 0.00338. The molecule has 42 heavy (non-hydrogen) atoms. The van der Waals surface area contributed by atoms with Crippen molar-refractivity contribution in [2.45, 2.75) is 77.5 Å². The summed E-state index contributed by atoms with van der Waals surface area (Å²) in [5.74, 6) is 0.777. The highest BCUT2D eigenvalue weighted by atomic mass is 32.1. The monoisotopic (exact) mass is 606 g/mol. The van der Waals surface area contributed by atoms with Crippen LogP contribution in [0.25, 0.3) is 32.4 Å². The number of aromatic nitrogens is 3. The maximum Gasteiger partial charge on any atom is 0.279 e. The average Bonchev–Trinajstić information content (AvgIpc) is 3.60. The fourth-order valence-electron chi connectivity index (χ4n) is 5.94. The quantitative estimate of drug-likeness (QED) is 0.182. The van der Waals surface area contributed by atoms with Crippen LogP contribution in [0.2, 0.25) is 25.7 Å². The van der Waals surface area contributed by atoms with Crippen LogP contribution in [0.1, 0.15) is 37.7 Å². The van der Waals surface area contributed by atoms with Gasteiger partial charge < -0.3 is 14.4 Å². The molecular weight excluding hydrogens is 565 g/mol. The highest BCUT2D eigenvalue weighted by Gasteiger charge is 2.23. The second kappa shape index (κ2) is 12.4. The number of aryl methyl sites for hydroxylation is 1. The number of likely N-dealkylation sites (tertiary alicyclic amines) is 1. The Hall–Kier alpha value is -2.79. The van der Waals surface area contributed by atoms with E-state index in [1.165, 1.54) is 24.4 Å². The third-order valence-corrected chi connectivity index (χ3v) is 11.3. The molecule has 0 radical (unpaired) electrons. The summed E-state index contributed by atoms with van der Waals surface area (Å²) in [6, 6.07) is 10.8. The lowest BCUT2D eigenvalue weighted by Gasteiger charge is -2.20. The number of benzene rings is 2. The lowest BCUT2D eigenvalue weighted by Crippen LogP contribution is -2.27. The summed E-state index contributed by atoms with van der Waals surface area (Å²) in [5, 5.41) is 0.641. The van der Waals surface area contributed by atoms with E-state index in [0.29, 0.717) is 41.9 Å². The smallest absolute Gasteiger partial charge is 0.279 e. The van der Waals surface area contributed by atoms with Crippen LogP contribution >= 0.6 is 11.5 Å². The number of rotatable bonds is 8. The molecular formula is C32H42N4O4SSi. The second-order valence-corrected chi connectivity index (χ2v) is 19.5. The molecule has 2 aromatic carbocycles. The highest BCUT2D eigenvalue weighted by Crippen LogP contribution is 2.34. The van der Waals surface area contributed by atoms with Crippen LogP contribution in [-0.2, 0) is 24.4 Å². The van der Waals surface area contributed by atoms with Crippen molar-refractivity contribution in [2.24, 2.45) is 0 Å². The molecule has 2 aliphatic rings. The zero-order chi connectivity index (χ0) is 29.3. The largest absolute Gasteiger partial charge is 0.491 e. The standard InChI is InChI=1S/C32H42N4O4SSi/c1-42(2,3)21-20-39-22-35-26-13-12-23(14-18-34-15-6-7-16-34)29-28(26)33-27(32(35)38)24-10-9-11-25-30(24)41-36(31(25)37)17-5-4-8-19-40-29/h9-13H,4-8,14-22H2,1-3H3. The van der Waals surface area contributed by atoms with E-state index < -0.39 is 8.07 Å². The highest BCUT2D eigenvalue weighted by molar-refractivity contribution is 7.14. The predicted octanol–water partition coefficient (Wildman–Crippen LogP) is 5.95. The molecule has 0 amide bonds. The Kier molecular flexibility index (Phi) is 8.67. The van der Waals surface area contributed by atoms with Crippen LogP contribution in [0.4, 0.5) is 0 Å². The van der Waals surface area contributed by atoms with E-state index in [2.05, 4.69) is 30.6 Å². The number of fused-ring (bicyclic) bond motifs is 3. The van der Waals surface area contributed by atoms with Gasteiger partial charge in [-0.2, -0.15) is 0 Å². The minimum Gasteiger partial charge on any atom is -0.491 e. The third-order valence-electron chi connectivity index (χ3n) is 8.45. The van der Waals surface area contributed by atoms with E-state index >= 15 is 0 Å². The number of nitrogens with zero attached hydrogens (tertiary/aromatic N) is 4. The molecule has 0 spiro atoms. The maximum absolute atomic E-state index is 14.2. The Balaban J connectivity index is 1.52. The maximum atomic E-state index is 14.2. The topological polar surface area (TPSA) is 78.6 Å². The molecule has 2 aliphatic heterocycles. The van der Waals surface area contributed by atoms with Gasteiger partial charge in [0.1, 0.15) is 23.7 Å². The number of ether oxygens (including phenoxy) is 2. The van der Waals surface area contributed by atoms with Crippen LogP contribution in [0.15, 0.2) is 39.9 Å². The Morgan fingerprint density at radius 1 is 0.976 bits per heavy atom. The molecule has 2 aromatic heterocycles. The van der Waals surface area contributed by atoms with Crippen molar-refractivity contribution in [1.29, 1.82) is 0 Å². The van der Waals surface area contributed by atoms with E-state index in [9.17, 15) is 9.59 Å². The molecule has 4 bridgehead atoms. The van der Waals surface area contributed by atoms with E-state index in [1.54, 1.807) is 4.57 Å². The third kappa shape index (κ3) is 6.13. The molecule has 0 atom stereocenters.